The fraction of sp³-hybridized carbons (Fsp3) is 0.467. The van der Waals surface area contributed by atoms with E-state index < -0.39 is 0 Å². The fourth-order valence-corrected chi connectivity index (χ4v) is 3.55. The monoisotopic (exact) mass is 306 g/mol. The molecule has 0 aliphatic carbocycles. The molecule has 3 rings (SSSR count). The Kier molecular flexibility index (Phi) is 4.55. The van der Waals surface area contributed by atoms with Crippen molar-refractivity contribution < 1.29 is 4.39 Å². The first-order valence-electron chi connectivity index (χ1n) is 7.29. The number of rotatable bonds is 4. The van der Waals surface area contributed by atoms with Crippen molar-refractivity contribution in [1.29, 1.82) is 0 Å². The zero-order chi connectivity index (χ0) is 14.7. The lowest BCUT2D eigenvalue weighted by Crippen LogP contribution is -2.02. The Balaban J connectivity index is 1.73. The molecule has 21 heavy (non-hydrogen) atoms. The minimum Gasteiger partial charge on any atom is -0.326 e. The SMILES string of the molecule is NCc1cc(F)cc(CSc2nnc3n2CCCCC3)c1. The number of halogens is 1. The third-order valence-electron chi connectivity index (χ3n) is 3.70. The third-order valence-corrected chi connectivity index (χ3v) is 4.73. The molecule has 1 aromatic carbocycles. The highest BCUT2D eigenvalue weighted by Gasteiger charge is 2.15. The van der Waals surface area contributed by atoms with E-state index in [1.165, 1.54) is 25.3 Å². The lowest BCUT2D eigenvalue weighted by molar-refractivity contribution is 0.591. The van der Waals surface area contributed by atoms with Crippen molar-refractivity contribution in [3.8, 4) is 0 Å². The smallest absolute Gasteiger partial charge is 0.191 e. The first-order valence-corrected chi connectivity index (χ1v) is 8.28. The number of aromatic nitrogens is 3. The average Bonchev–Trinajstić information content (AvgIpc) is 2.71. The van der Waals surface area contributed by atoms with Gasteiger partial charge in [-0.1, -0.05) is 24.2 Å². The molecule has 0 fully saturated rings. The molecule has 4 nitrogen and oxygen atoms in total. The second-order valence-corrected chi connectivity index (χ2v) is 6.26. The Hall–Kier alpha value is -1.40. The summed E-state index contributed by atoms with van der Waals surface area (Å²) < 4.78 is 15.7. The van der Waals surface area contributed by atoms with Crippen LogP contribution >= 0.6 is 11.8 Å². The second kappa shape index (κ2) is 6.58. The molecule has 0 amide bonds. The van der Waals surface area contributed by atoms with Gasteiger partial charge in [0, 0.05) is 25.3 Å². The summed E-state index contributed by atoms with van der Waals surface area (Å²) in [5.74, 6) is 1.54. The van der Waals surface area contributed by atoms with Crippen LogP contribution in [0.15, 0.2) is 23.4 Å². The summed E-state index contributed by atoms with van der Waals surface area (Å²) >= 11 is 1.61. The summed E-state index contributed by atoms with van der Waals surface area (Å²) in [4.78, 5) is 0. The van der Waals surface area contributed by atoms with Crippen molar-refractivity contribution in [3.63, 3.8) is 0 Å². The molecule has 1 aliphatic heterocycles. The van der Waals surface area contributed by atoms with Crippen molar-refractivity contribution >= 4 is 11.8 Å². The van der Waals surface area contributed by atoms with Crippen LogP contribution in [-0.4, -0.2) is 14.8 Å². The predicted octanol–water partition coefficient (Wildman–Crippen LogP) is 2.89. The van der Waals surface area contributed by atoms with Crippen molar-refractivity contribution in [2.45, 2.75) is 49.7 Å². The Morgan fingerprint density at radius 2 is 2.00 bits per heavy atom. The van der Waals surface area contributed by atoms with Crippen LogP contribution in [0.4, 0.5) is 4.39 Å². The van der Waals surface area contributed by atoms with Gasteiger partial charge in [0.2, 0.25) is 0 Å². The molecule has 0 spiro atoms. The molecule has 0 bridgehead atoms. The van der Waals surface area contributed by atoms with Crippen LogP contribution in [0.2, 0.25) is 0 Å². The molecule has 0 radical (unpaired) electrons. The number of nitrogens with two attached hydrogens (primary N) is 1. The summed E-state index contributed by atoms with van der Waals surface area (Å²) in [7, 11) is 0. The number of benzene rings is 1. The first kappa shape index (κ1) is 14.5. The molecule has 0 saturated heterocycles. The van der Waals surface area contributed by atoms with Crippen molar-refractivity contribution in [2.75, 3.05) is 0 Å². The normalized spacial score (nSPS) is 14.8. The molecule has 2 heterocycles. The van der Waals surface area contributed by atoms with Gasteiger partial charge >= 0.3 is 0 Å². The molecule has 2 N–H and O–H groups in total. The van der Waals surface area contributed by atoms with Crippen molar-refractivity contribution in [2.24, 2.45) is 5.73 Å². The van der Waals surface area contributed by atoms with Crippen LogP contribution in [0.1, 0.15) is 36.2 Å². The topological polar surface area (TPSA) is 56.7 Å². The molecule has 2 aromatic rings. The van der Waals surface area contributed by atoms with Gasteiger partial charge in [-0.05, 0) is 36.1 Å². The molecule has 1 aromatic heterocycles. The zero-order valence-corrected chi connectivity index (χ0v) is 12.7. The van der Waals surface area contributed by atoms with E-state index in [9.17, 15) is 4.39 Å². The highest BCUT2D eigenvalue weighted by Crippen LogP contribution is 2.25. The van der Waals surface area contributed by atoms with E-state index in [4.69, 9.17) is 5.73 Å². The van der Waals surface area contributed by atoms with Crippen LogP contribution in [0.25, 0.3) is 0 Å². The van der Waals surface area contributed by atoms with E-state index in [-0.39, 0.29) is 5.82 Å². The molecule has 0 unspecified atom stereocenters. The van der Waals surface area contributed by atoms with Gasteiger partial charge in [0.1, 0.15) is 11.6 Å². The largest absolute Gasteiger partial charge is 0.326 e. The summed E-state index contributed by atoms with van der Waals surface area (Å²) in [5, 5.41) is 9.49. The van der Waals surface area contributed by atoms with Gasteiger partial charge < -0.3 is 10.3 Å². The standard InChI is InChI=1S/C15H19FN4S/c16-13-7-11(9-17)6-12(8-13)10-21-15-19-18-14-4-2-1-3-5-20(14)15/h6-8H,1-5,9-10,17H2. The van der Waals surface area contributed by atoms with Crippen LogP contribution < -0.4 is 5.73 Å². The number of hydrogen-bond donors (Lipinski definition) is 1. The van der Waals surface area contributed by atoms with E-state index in [1.807, 2.05) is 6.07 Å². The molecule has 0 atom stereocenters. The van der Waals surface area contributed by atoms with Gasteiger partial charge in [-0.3, -0.25) is 0 Å². The van der Waals surface area contributed by atoms with E-state index in [0.29, 0.717) is 12.3 Å². The molecular weight excluding hydrogens is 287 g/mol. The molecule has 1 aliphatic rings. The number of hydrogen-bond acceptors (Lipinski definition) is 4. The van der Waals surface area contributed by atoms with Crippen LogP contribution in [0.5, 0.6) is 0 Å². The van der Waals surface area contributed by atoms with Gasteiger partial charge in [0.05, 0.1) is 0 Å². The van der Waals surface area contributed by atoms with Crippen LogP contribution in [0, 0.1) is 5.82 Å². The minimum atomic E-state index is -0.228. The highest BCUT2D eigenvalue weighted by molar-refractivity contribution is 7.98. The van der Waals surface area contributed by atoms with E-state index in [0.717, 1.165) is 35.1 Å². The summed E-state index contributed by atoms with van der Waals surface area (Å²) in [6.07, 6.45) is 4.62. The zero-order valence-electron chi connectivity index (χ0n) is 11.9. The summed E-state index contributed by atoms with van der Waals surface area (Å²) in [5.41, 5.74) is 7.35. The average molecular weight is 306 g/mol. The lowest BCUT2D eigenvalue weighted by Gasteiger charge is -2.07. The highest BCUT2D eigenvalue weighted by atomic mass is 32.2. The van der Waals surface area contributed by atoms with E-state index >= 15 is 0 Å². The van der Waals surface area contributed by atoms with Gasteiger partial charge in [0.25, 0.3) is 0 Å². The van der Waals surface area contributed by atoms with Gasteiger partial charge in [0.15, 0.2) is 5.16 Å². The lowest BCUT2D eigenvalue weighted by atomic mass is 10.1. The van der Waals surface area contributed by atoms with Gasteiger partial charge in [-0.2, -0.15) is 0 Å². The second-order valence-electron chi connectivity index (χ2n) is 5.32. The Labute approximate surface area is 127 Å². The maximum atomic E-state index is 13.5. The number of nitrogens with zero attached hydrogens (tertiary/aromatic N) is 3. The number of fused-ring (bicyclic) bond motifs is 1. The molecular formula is C15H19FN4S. The summed E-state index contributed by atoms with van der Waals surface area (Å²) in [6.45, 7) is 1.34. The van der Waals surface area contributed by atoms with Gasteiger partial charge in [-0.25, -0.2) is 4.39 Å². The van der Waals surface area contributed by atoms with Crippen LogP contribution in [-0.2, 0) is 25.3 Å². The molecule has 112 valence electrons. The third kappa shape index (κ3) is 3.44. The first-order chi connectivity index (χ1) is 10.3. The van der Waals surface area contributed by atoms with Crippen LogP contribution in [0.3, 0.4) is 0 Å². The van der Waals surface area contributed by atoms with Gasteiger partial charge in [-0.15, -0.1) is 10.2 Å². The number of aryl methyl sites for hydroxylation is 1. The molecule has 6 heteroatoms. The maximum Gasteiger partial charge on any atom is 0.191 e. The quantitative estimate of drug-likeness (QED) is 0.883. The fourth-order valence-electron chi connectivity index (χ4n) is 2.63. The molecule has 0 saturated carbocycles. The predicted molar refractivity (Wildman–Crippen MR) is 81.4 cm³/mol. The van der Waals surface area contributed by atoms with E-state index in [2.05, 4.69) is 14.8 Å². The Morgan fingerprint density at radius 1 is 1.14 bits per heavy atom. The van der Waals surface area contributed by atoms with E-state index in [1.54, 1.807) is 17.8 Å². The maximum absolute atomic E-state index is 13.5. The van der Waals surface area contributed by atoms with Crippen molar-refractivity contribution in [3.05, 3.63) is 41.0 Å². The minimum absolute atomic E-state index is 0.228. The summed E-state index contributed by atoms with van der Waals surface area (Å²) in [6, 6.07) is 5.00. The number of thioether (sulfide) groups is 1. The Bertz CT molecular complexity index is 626. The van der Waals surface area contributed by atoms with Crippen molar-refractivity contribution in [1.82, 2.24) is 14.8 Å². The Morgan fingerprint density at radius 3 is 2.86 bits per heavy atom.